The van der Waals surface area contributed by atoms with Gasteiger partial charge in [-0.2, -0.15) is 0 Å². The molecular weight excluding hydrogens is 693 g/mol. The molecule has 3 aliphatic rings. The van der Waals surface area contributed by atoms with Gasteiger partial charge in [0, 0.05) is 34.0 Å². The topological polar surface area (TPSA) is 174 Å². The number of amides is 6. The molecule has 1 aromatic rings. The van der Waals surface area contributed by atoms with Gasteiger partial charge in [0.1, 0.15) is 18.1 Å². The van der Waals surface area contributed by atoms with Crippen molar-refractivity contribution in [2.24, 2.45) is 5.92 Å². The molecule has 15 heteroatoms. The first-order chi connectivity index (χ1) is 24.4. The molecule has 280 valence electrons. The molecule has 4 rings (SSSR count). The Kier molecular flexibility index (Phi) is 14.8. The lowest BCUT2D eigenvalue weighted by molar-refractivity contribution is -0.144. The number of rotatable bonds is 14. The van der Waals surface area contributed by atoms with Crippen LogP contribution in [0.2, 0.25) is 0 Å². The molecule has 1 aliphatic carbocycles. The van der Waals surface area contributed by atoms with Crippen molar-refractivity contribution >= 4 is 64.8 Å². The van der Waals surface area contributed by atoms with Crippen molar-refractivity contribution in [1.29, 1.82) is 0 Å². The minimum absolute atomic E-state index is 0.0265. The van der Waals surface area contributed by atoms with Crippen LogP contribution in [0.4, 0.5) is 0 Å². The van der Waals surface area contributed by atoms with Crippen LogP contribution in [0.25, 0.3) is 0 Å². The van der Waals surface area contributed by atoms with Gasteiger partial charge in [0.05, 0.1) is 16.7 Å². The third-order valence-corrected chi connectivity index (χ3v) is 12.9. The maximum atomic E-state index is 14.3. The molecule has 2 aliphatic heterocycles. The zero-order valence-corrected chi connectivity index (χ0v) is 31.7. The number of hydrogen-bond donors (Lipinski definition) is 4. The van der Waals surface area contributed by atoms with Gasteiger partial charge < -0.3 is 31.1 Å². The van der Waals surface area contributed by atoms with Gasteiger partial charge in [-0.05, 0) is 48.7 Å². The highest BCUT2D eigenvalue weighted by Crippen LogP contribution is 2.50. The van der Waals surface area contributed by atoms with Gasteiger partial charge in [-0.1, -0.05) is 62.9 Å². The molecule has 2 saturated heterocycles. The second-order valence-electron chi connectivity index (χ2n) is 13.8. The van der Waals surface area contributed by atoms with E-state index in [1.807, 2.05) is 6.92 Å². The Balaban J connectivity index is 1.45. The van der Waals surface area contributed by atoms with Crippen molar-refractivity contribution in [3.63, 3.8) is 0 Å². The van der Waals surface area contributed by atoms with Crippen LogP contribution in [0, 0.1) is 5.92 Å². The predicted molar refractivity (Wildman–Crippen MR) is 197 cm³/mol. The number of carbonyl (C=O) groups excluding carboxylic acids is 7. The lowest BCUT2D eigenvalue weighted by atomic mass is 9.83. The first kappa shape index (κ1) is 40.2. The maximum absolute atomic E-state index is 14.3. The van der Waals surface area contributed by atoms with Crippen molar-refractivity contribution in [3.8, 4) is 0 Å². The van der Waals surface area contributed by atoms with Crippen LogP contribution < -0.4 is 21.3 Å². The van der Waals surface area contributed by atoms with Crippen LogP contribution in [0.15, 0.2) is 30.3 Å². The van der Waals surface area contributed by atoms with Crippen LogP contribution in [0.3, 0.4) is 0 Å². The first-order valence-corrected chi connectivity index (χ1v) is 19.9. The van der Waals surface area contributed by atoms with Crippen molar-refractivity contribution < 1.29 is 33.6 Å². The third-order valence-electron chi connectivity index (χ3n) is 9.61. The summed E-state index contributed by atoms with van der Waals surface area (Å²) in [5, 5.41) is 10.6. The summed E-state index contributed by atoms with van der Waals surface area (Å²) in [6.07, 6.45) is 6.71. The first-order valence-electron chi connectivity index (χ1n) is 17.9. The smallest absolute Gasteiger partial charge is 0.290 e. The summed E-state index contributed by atoms with van der Waals surface area (Å²) in [5.41, 5.74) is 0.561. The zero-order valence-electron chi connectivity index (χ0n) is 30.0. The van der Waals surface area contributed by atoms with E-state index in [0.29, 0.717) is 24.9 Å². The fourth-order valence-electron chi connectivity index (χ4n) is 7.01. The lowest BCUT2D eigenvalue weighted by Gasteiger charge is -2.35. The number of carbonyl (C=O) groups is 7. The summed E-state index contributed by atoms with van der Waals surface area (Å²) in [4.78, 5) is 95.7. The number of likely N-dealkylation sites (tertiary alicyclic amines) is 1. The molecule has 0 aromatic heterocycles. The quantitative estimate of drug-likeness (QED) is 0.208. The van der Waals surface area contributed by atoms with Gasteiger partial charge in [0.2, 0.25) is 35.3 Å². The number of thioether (sulfide) groups is 2. The van der Waals surface area contributed by atoms with E-state index in [2.05, 4.69) is 21.3 Å². The van der Waals surface area contributed by atoms with Gasteiger partial charge in [-0.15, -0.1) is 23.5 Å². The van der Waals surface area contributed by atoms with E-state index >= 15 is 0 Å². The fourth-order valence-corrected chi connectivity index (χ4v) is 10.4. The van der Waals surface area contributed by atoms with Crippen LogP contribution in [-0.2, 0) is 33.6 Å². The summed E-state index contributed by atoms with van der Waals surface area (Å²) < 4.78 is -0.385. The summed E-state index contributed by atoms with van der Waals surface area (Å²) in [6.45, 7) is 2.99. The summed E-state index contributed by atoms with van der Waals surface area (Å²) in [6, 6.07) is 4.88. The Bertz CT molecular complexity index is 1430. The number of Topliss-reactive ketones (excluding diaryl/α,β-unsaturated/α-hetero) is 1. The highest BCUT2D eigenvalue weighted by Gasteiger charge is 2.52. The predicted octanol–water partition coefficient (Wildman–Crippen LogP) is 2.15. The van der Waals surface area contributed by atoms with E-state index < -0.39 is 54.2 Å². The average molecular weight is 745 g/mol. The standard InChI is InChI=1S/C36H52N6O7S2/c1-5-13-26(31(45)33(47)37-21-28(44)40-29(34(48)41(3)4)24-14-8-6-9-15-24)39-32(46)27-20-36(50-18-12-19-51-36)22-42(27)35(49)30(38-23(2)43)25-16-10-7-11-17-25/h6,8-9,14-15,25-27,29-30H,5,7,10-13,16-22H2,1-4H3,(H,37,47)(H,38,43)(H,39,46)(H,40,44). The highest BCUT2D eigenvalue weighted by molar-refractivity contribution is 8.18. The minimum atomic E-state index is -1.18. The number of nitrogens with zero attached hydrogens (tertiary/aromatic N) is 2. The SMILES string of the molecule is CCCC(NC(=O)C1CC2(CN1C(=O)C(NC(C)=O)C1CCCCC1)SCCCS2)C(=O)C(=O)NCC(=O)NC(C(=O)N(C)C)c1ccccc1. The lowest BCUT2D eigenvalue weighted by Crippen LogP contribution is -2.58. The van der Waals surface area contributed by atoms with E-state index in [0.717, 1.165) is 50.0 Å². The largest absolute Gasteiger partial charge is 0.347 e. The summed E-state index contributed by atoms with van der Waals surface area (Å²) in [7, 11) is 3.14. The number of likely N-dealkylation sites (N-methyl/N-ethyl adjacent to an activating group) is 1. The van der Waals surface area contributed by atoms with Gasteiger partial charge in [0.25, 0.3) is 5.91 Å². The second-order valence-corrected chi connectivity index (χ2v) is 17.0. The van der Waals surface area contributed by atoms with Crippen LogP contribution >= 0.6 is 23.5 Å². The minimum Gasteiger partial charge on any atom is -0.347 e. The van der Waals surface area contributed by atoms with Gasteiger partial charge in [0.15, 0.2) is 0 Å². The van der Waals surface area contributed by atoms with Crippen LogP contribution in [0.1, 0.15) is 83.2 Å². The molecule has 3 fully saturated rings. The Labute approximate surface area is 308 Å². The molecule has 13 nitrogen and oxygen atoms in total. The molecule has 0 bridgehead atoms. The zero-order chi connectivity index (χ0) is 37.1. The Morgan fingerprint density at radius 2 is 1.59 bits per heavy atom. The Hall–Kier alpha value is -3.59. The molecule has 2 heterocycles. The molecule has 0 radical (unpaired) electrons. The van der Waals surface area contributed by atoms with E-state index in [1.165, 1.54) is 11.8 Å². The monoisotopic (exact) mass is 744 g/mol. The molecule has 51 heavy (non-hydrogen) atoms. The Morgan fingerprint density at radius 3 is 2.20 bits per heavy atom. The van der Waals surface area contributed by atoms with Crippen molar-refractivity contribution in [3.05, 3.63) is 35.9 Å². The molecule has 1 spiro atoms. The number of hydrogen-bond acceptors (Lipinski definition) is 9. The molecule has 4 unspecified atom stereocenters. The van der Waals surface area contributed by atoms with Crippen molar-refractivity contribution in [1.82, 2.24) is 31.1 Å². The van der Waals surface area contributed by atoms with E-state index in [4.69, 9.17) is 0 Å². The highest BCUT2D eigenvalue weighted by atomic mass is 32.2. The van der Waals surface area contributed by atoms with Crippen molar-refractivity contribution in [2.45, 2.75) is 99.9 Å². The van der Waals surface area contributed by atoms with Gasteiger partial charge in [-0.3, -0.25) is 33.6 Å². The van der Waals surface area contributed by atoms with Gasteiger partial charge >= 0.3 is 0 Å². The van der Waals surface area contributed by atoms with Crippen LogP contribution in [-0.4, -0.2) is 112 Å². The number of benzene rings is 1. The molecule has 1 aromatic carbocycles. The molecule has 6 amide bonds. The van der Waals surface area contributed by atoms with Gasteiger partial charge in [-0.25, -0.2) is 0 Å². The summed E-state index contributed by atoms with van der Waals surface area (Å²) in [5.74, 6) is -2.32. The average Bonchev–Trinajstić information content (AvgIpc) is 3.50. The number of ketones is 1. The van der Waals surface area contributed by atoms with E-state index in [1.54, 1.807) is 72.9 Å². The summed E-state index contributed by atoms with van der Waals surface area (Å²) >= 11 is 3.48. The van der Waals surface area contributed by atoms with Crippen LogP contribution in [0.5, 0.6) is 0 Å². The maximum Gasteiger partial charge on any atom is 0.290 e. The fraction of sp³-hybridized carbons (Fsp3) is 0.639. The van der Waals surface area contributed by atoms with Crippen molar-refractivity contribution in [2.75, 3.05) is 38.7 Å². The molecule has 4 atom stereocenters. The number of nitrogens with one attached hydrogen (secondary N) is 4. The van der Waals surface area contributed by atoms with E-state index in [9.17, 15) is 33.6 Å². The van der Waals surface area contributed by atoms with E-state index in [-0.39, 0.29) is 34.1 Å². The molecular formula is C36H52N6O7S2. The third kappa shape index (κ3) is 10.7. The second kappa shape index (κ2) is 18.8. The molecule has 1 saturated carbocycles. The molecule has 4 N–H and O–H groups in total. The Morgan fingerprint density at radius 1 is 0.922 bits per heavy atom. The normalized spacial score (nSPS) is 20.4.